The second-order valence-corrected chi connectivity index (χ2v) is 7.54. The van der Waals surface area contributed by atoms with Gasteiger partial charge in [-0.15, -0.1) is 0 Å². The molecule has 0 aliphatic heterocycles. The molecule has 130 valence electrons. The molecule has 23 heavy (non-hydrogen) atoms. The van der Waals surface area contributed by atoms with Crippen LogP contribution in [0.2, 0.25) is 0 Å². The summed E-state index contributed by atoms with van der Waals surface area (Å²) < 4.78 is 31.7. The zero-order valence-electron chi connectivity index (χ0n) is 14.4. The van der Waals surface area contributed by atoms with Gasteiger partial charge in [-0.25, -0.2) is 8.42 Å². The van der Waals surface area contributed by atoms with Gasteiger partial charge in [0.1, 0.15) is 5.75 Å². The predicted octanol–water partition coefficient (Wildman–Crippen LogP) is 2.71. The highest BCUT2D eigenvalue weighted by atomic mass is 32.2. The Morgan fingerprint density at radius 1 is 1.26 bits per heavy atom. The van der Waals surface area contributed by atoms with E-state index >= 15 is 0 Å². The van der Waals surface area contributed by atoms with Crippen LogP contribution in [-0.2, 0) is 14.8 Å². The van der Waals surface area contributed by atoms with E-state index in [0.717, 1.165) is 0 Å². The first-order valence-electron chi connectivity index (χ1n) is 7.74. The van der Waals surface area contributed by atoms with Crippen LogP contribution in [0.15, 0.2) is 23.1 Å². The third-order valence-electron chi connectivity index (χ3n) is 3.38. The topological polar surface area (TPSA) is 75.7 Å². The molecule has 0 saturated heterocycles. The minimum atomic E-state index is -3.58. The summed E-state index contributed by atoms with van der Waals surface area (Å²) in [6.45, 7) is 8.24. The lowest BCUT2D eigenvalue weighted by molar-refractivity contribution is -0.116. The Balaban J connectivity index is 3.19. The zero-order chi connectivity index (χ0) is 17.6. The standard InChI is InChI=1S/C16H26N2O4S/c1-6-18(7-2)23(20,21)13-8-9-15(22-5)14(11-13)17-16(19)10-12(3)4/h8-9,11-12H,6-7,10H2,1-5H3,(H,17,19). The van der Waals surface area contributed by atoms with Crippen molar-refractivity contribution in [3.05, 3.63) is 18.2 Å². The Bertz CT molecular complexity index is 637. The number of hydrogen-bond donors (Lipinski definition) is 1. The number of amides is 1. The van der Waals surface area contributed by atoms with Gasteiger partial charge in [-0.3, -0.25) is 4.79 Å². The molecule has 1 rings (SSSR count). The average Bonchev–Trinajstić information content (AvgIpc) is 2.47. The van der Waals surface area contributed by atoms with Gasteiger partial charge in [-0.1, -0.05) is 27.7 Å². The van der Waals surface area contributed by atoms with E-state index in [1.165, 1.54) is 23.5 Å². The molecule has 7 heteroatoms. The highest BCUT2D eigenvalue weighted by Crippen LogP contribution is 2.29. The molecule has 0 fully saturated rings. The number of methoxy groups -OCH3 is 1. The van der Waals surface area contributed by atoms with Gasteiger partial charge in [0.05, 0.1) is 17.7 Å². The Kier molecular flexibility index (Phi) is 7.02. The van der Waals surface area contributed by atoms with Crippen LogP contribution < -0.4 is 10.1 Å². The lowest BCUT2D eigenvalue weighted by Gasteiger charge is -2.19. The molecule has 0 radical (unpaired) electrons. The van der Waals surface area contributed by atoms with Gasteiger partial charge in [-0.05, 0) is 24.1 Å². The van der Waals surface area contributed by atoms with Crippen LogP contribution in [0.25, 0.3) is 0 Å². The summed E-state index contributed by atoms with van der Waals surface area (Å²) in [4.78, 5) is 12.1. The summed E-state index contributed by atoms with van der Waals surface area (Å²) in [5.41, 5.74) is 0.367. The molecular weight excluding hydrogens is 316 g/mol. The van der Waals surface area contributed by atoms with E-state index in [2.05, 4.69) is 5.32 Å². The average molecular weight is 342 g/mol. The van der Waals surface area contributed by atoms with Gasteiger partial charge in [0, 0.05) is 19.5 Å². The van der Waals surface area contributed by atoms with Crippen LogP contribution in [0.1, 0.15) is 34.1 Å². The van der Waals surface area contributed by atoms with E-state index in [4.69, 9.17) is 4.74 Å². The first kappa shape index (κ1) is 19.4. The zero-order valence-corrected chi connectivity index (χ0v) is 15.2. The quantitative estimate of drug-likeness (QED) is 0.788. The minimum absolute atomic E-state index is 0.141. The van der Waals surface area contributed by atoms with Crippen molar-refractivity contribution < 1.29 is 17.9 Å². The summed E-state index contributed by atoms with van der Waals surface area (Å²) in [5.74, 6) is 0.472. The normalized spacial score (nSPS) is 11.8. The van der Waals surface area contributed by atoms with Crippen molar-refractivity contribution in [3.8, 4) is 5.75 Å². The Hall–Kier alpha value is -1.60. The van der Waals surface area contributed by atoms with Crippen molar-refractivity contribution in [2.24, 2.45) is 5.92 Å². The molecular formula is C16H26N2O4S. The van der Waals surface area contributed by atoms with Crippen LogP contribution in [-0.4, -0.2) is 38.8 Å². The molecule has 0 aliphatic carbocycles. The maximum Gasteiger partial charge on any atom is 0.243 e. The Morgan fingerprint density at radius 3 is 2.35 bits per heavy atom. The van der Waals surface area contributed by atoms with Gasteiger partial charge >= 0.3 is 0 Å². The molecule has 0 atom stereocenters. The number of carbonyl (C=O) groups is 1. The van der Waals surface area contributed by atoms with E-state index in [1.54, 1.807) is 19.9 Å². The van der Waals surface area contributed by atoms with Gasteiger partial charge in [0.2, 0.25) is 15.9 Å². The molecule has 1 amide bonds. The predicted molar refractivity (Wildman–Crippen MR) is 91.2 cm³/mol. The third kappa shape index (κ3) is 4.94. The molecule has 6 nitrogen and oxygen atoms in total. The largest absolute Gasteiger partial charge is 0.495 e. The van der Waals surface area contributed by atoms with Crippen molar-refractivity contribution in [1.29, 1.82) is 0 Å². The lowest BCUT2D eigenvalue weighted by Crippen LogP contribution is -2.30. The van der Waals surface area contributed by atoms with Crippen molar-refractivity contribution in [2.45, 2.75) is 39.0 Å². The number of sulfonamides is 1. The lowest BCUT2D eigenvalue weighted by atomic mass is 10.1. The second-order valence-electron chi connectivity index (χ2n) is 5.60. The summed E-state index contributed by atoms with van der Waals surface area (Å²) in [6.07, 6.45) is 0.357. The Morgan fingerprint density at radius 2 is 1.87 bits per heavy atom. The summed E-state index contributed by atoms with van der Waals surface area (Å²) in [5, 5.41) is 2.73. The maximum atomic E-state index is 12.6. The van der Waals surface area contributed by atoms with Crippen LogP contribution in [0, 0.1) is 5.92 Å². The molecule has 0 aromatic heterocycles. The van der Waals surface area contributed by atoms with E-state index in [0.29, 0.717) is 30.9 Å². The molecule has 0 heterocycles. The van der Waals surface area contributed by atoms with Crippen LogP contribution >= 0.6 is 0 Å². The first-order chi connectivity index (χ1) is 10.8. The number of hydrogen-bond acceptors (Lipinski definition) is 4. The van der Waals surface area contributed by atoms with Crippen molar-refractivity contribution >= 4 is 21.6 Å². The number of carbonyl (C=O) groups excluding carboxylic acids is 1. The second kappa shape index (κ2) is 8.31. The highest BCUT2D eigenvalue weighted by Gasteiger charge is 2.23. The molecule has 1 aromatic rings. The van der Waals surface area contributed by atoms with Crippen LogP contribution in [0.4, 0.5) is 5.69 Å². The molecule has 0 spiro atoms. The summed E-state index contributed by atoms with van der Waals surface area (Å²) in [7, 11) is -2.10. The molecule has 0 bridgehead atoms. The molecule has 1 aromatic carbocycles. The Labute approximate surface area is 138 Å². The number of nitrogens with zero attached hydrogens (tertiary/aromatic N) is 1. The number of benzene rings is 1. The summed E-state index contributed by atoms with van der Waals surface area (Å²) in [6, 6.07) is 4.50. The fourth-order valence-corrected chi connectivity index (χ4v) is 3.71. The fourth-order valence-electron chi connectivity index (χ4n) is 2.23. The van der Waals surface area contributed by atoms with E-state index in [1.807, 2.05) is 13.8 Å². The fraction of sp³-hybridized carbons (Fsp3) is 0.562. The smallest absolute Gasteiger partial charge is 0.243 e. The van der Waals surface area contributed by atoms with Crippen LogP contribution in [0.5, 0.6) is 5.75 Å². The van der Waals surface area contributed by atoms with Gasteiger partial charge in [-0.2, -0.15) is 4.31 Å². The number of rotatable bonds is 8. The molecule has 1 N–H and O–H groups in total. The third-order valence-corrected chi connectivity index (χ3v) is 5.43. The molecule has 0 aliphatic rings. The minimum Gasteiger partial charge on any atom is -0.495 e. The highest BCUT2D eigenvalue weighted by molar-refractivity contribution is 7.89. The first-order valence-corrected chi connectivity index (χ1v) is 9.18. The van der Waals surface area contributed by atoms with E-state index in [-0.39, 0.29) is 16.7 Å². The monoisotopic (exact) mass is 342 g/mol. The molecule has 0 saturated carbocycles. The number of anilines is 1. The SMILES string of the molecule is CCN(CC)S(=O)(=O)c1ccc(OC)c(NC(=O)CC(C)C)c1. The van der Waals surface area contributed by atoms with E-state index < -0.39 is 10.0 Å². The summed E-state index contributed by atoms with van der Waals surface area (Å²) >= 11 is 0. The number of ether oxygens (including phenoxy) is 1. The maximum absolute atomic E-state index is 12.6. The van der Waals surface area contributed by atoms with Gasteiger partial charge in [0.25, 0.3) is 0 Å². The van der Waals surface area contributed by atoms with Gasteiger partial charge < -0.3 is 10.1 Å². The van der Waals surface area contributed by atoms with E-state index in [9.17, 15) is 13.2 Å². The van der Waals surface area contributed by atoms with Gasteiger partial charge in [0.15, 0.2) is 0 Å². The van der Waals surface area contributed by atoms with Crippen molar-refractivity contribution in [2.75, 3.05) is 25.5 Å². The van der Waals surface area contributed by atoms with Crippen LogP contribution in [0.3, 0.4) is 0 Å². The molecule has 0 unspecified atom stereocenters. The van der Waals surface area contributed by atoms with Crippen molar-refractivity contribution in [3.63, 3.8) is 0 Å². The van der Waals surface area contributed by atoms with Crippen molar-refractivity contribution in [1.82, 2.24) is 4.31 Å². The number of nitrogens with one attached hydrogen (secondary N) is 1.